The molecule has 1 unspecified atom stereocenters. The third-order valence-corrected chi connectivity index (χ3v) is 4.93. The second-order valence-electron chi connectivity index (χ2n) is 6.47. The highest BCUT2D eigenvalue weighted by Crippen LogP contribution is 2.32. The normalized spacial score (nSPS) is 22.0. The minimum Gasteiger partial charge on any atom is -0.497 e. The van der Waals surface area contributed by atoms with Gasteiger partial charge in [0.05, 0.1) is 18.7 Å². The molecule has 3 atom stereocenters. The van der Waals surface area contributed by atoms with Crippen molar-refractivity contribution in [3.8, 4) is 5.75 Å². The highest BCUT2D eigenvalue weighted by molar-refractivity contribution is 5.85. The molecule has 2 N–H and O–H groups in total. The molecule has 0 spiro atoms. The molecule has 3 rings (SSSR count). The number of pyridine rings is 1. The molecular formula is C19H27ClN2O2. The van der Waals surface area contributed by atoms with Crippen LogP contribution in [0.4, 0.5) is 0 Å². The standard InChI is InChI=1S/C19H26N2O2.ClH/c1-3-4-13-7-9-21-18(11-13)19(22)15-8-10-20-17-6-5-14(23-2)12-16(15)17;/h5-6,8,10,12-13,18-19,21-22H,3-4,7,9,11H2,1-2H3;1H/t13-,18?,19-;/m1./s1. The van der Waals surface area contributed by atoms with Crippen LogP contribution in [-0.4, -0.2) is 29.8 Å². The lowest BCUT2D eigenvalue weighted by Gasteiger charge is -2.33. The van der Waals surface area contributed by atoms with E-state index in [0.29, 0.717) is 5.92 Å². The first kappa shape index (κ1) is 19.0. The van der Waals surface area contributed by atoms with Gasteiger partial charge in [-0.3, -0.25) is 4.98 Å². The quantitative estimate of drug-likeness (QED) is 0.859. The second kappa shape index (κ2) is 8.65. The molecule has 2 heterocycles. The summed E-state index contributed by atoms with van der Waals surface area (Å²) in [4.78, 5) is 4.40. The zero-order chi connectivity index (χ0) is 16.2. The van der Waals surface area contributed by atoms with Crippen LogP contribution in [0.2, 0.25) is 0 Å². The molecule has 4 nitrogen and oxygen atoms in total. The van der Waals surface area contributed by atoms with Crippen molar-refractivity contribution in [3.63, 3.8) is 0 Å². The molecule has 0 amide bonds. The first-order chi connectivity index (χ1) is 11.2. The van der Waals surface area contributed by atoms with E-state index in [1.807, 2.05) is 24.3 Å². The summed E-state index contributed by atoms with van der Waals surface area (Å²) < 4.78 is 5.33. The van der Waals surface area contributed by atoms with Gasteiger partial charge in [0, 0.05) is 17.6 Å². The number of fused-ring (bicyclic) bond motifs is 1. The number of nitrogens with zero attached hydrogens (tertiary/aromatic N) is 1. The van der Waals surface area contributed by atoms with Crippen molar-refractivity contribution in [3.05, 3.63) is 36.0 Å². The first-order valence-electron chi connectivity index (χ1n) is 8.57. The molecule has 1 aliphatic heterocycles. The highest BCUT2D eigenvalue weighted by atomic mass is 35.5. The largest absolute Gasteiger partial charge is 0.497 e. The highest BCUT2D eigenvalue weighted by Gasteiger charge is 2.28. The van der Waals surface area contributed by atoms with Gasteiger partial charge >= 0.3 is 0 Å². The van der Waals surface area contributed by atoms with Crippen LogP contribution in [0.25, 0.3) is 10.9 Å². The summed E-state index contributed by atoms with van der Waals surface area (Å²) in [5, 5.41) is 15.4. The zero-order valence-corrected chi connectivity index (χ0v) is 15.2. The number of hydrogen-bond acceptors (Lipinski definition) is 4. The number of aliphatic hydroxyl groups excluding tert-OH is 1. The summed E-state index contributed by atoms with van der Waals surface area (Å²) in [7, 11) is 1.66. The minimum atomic E-state index is -0.521. The van der Waals surface area contributed by atoms with Gasteiger partial charge in [-0.1, -0.05) is 19.8 Å². The number of hydrogen-bond donors (Lipinski definition) is 2. The van der Waals surface area contributed by atoms with Crippen molar-refractivity contribution < 1.29 is 9.84 Å². The van der Waals surface area contributed by atoms with Crippen molar-refractivity contribution in [2.24, 2.45) is 5.92 Å². The van der Waals surface area contributed by atoms with E-state index in [1.54, 1.807) is 13.3 Å². The Morgan fingerprint density at radius 3 is 2.96 bits per heavy atom. The van der Waals surface area contributed by atoms with E-state index in [1.165, 1.54) is 19.3 Å². The Morgan fingerprint density at radius 1 is 1.38 bits per heavy atom. The number of benzene rings is 1. The lowest BCUT2D eigenvalue weighted by Crippen LogP contribution is -2.42. The summed E-state index contributed by atoms with van der Waals surface area (Å²) in [5.41, 5.74) is 1.83. The van der Waals surface area contributed by atoms with E-state index in [4.69, 9.17) is 4.74 Å². The van der Waals surface area contributed by atoms with Crippen LogP contribution < -0.4 is 10.1 Å². The fourth-order valence-electron chi connectivity index (χ4n) is 3.69. The Hall–Kier alpha value is -1.36. The van der Waals surface area contributed by atoms with E-state index in [9.17, 15) is 5.11 Å². The molecule has 5 heteroatoms. The molecule has 1 saturated heterocycles. The monoisotopic (exact) mass is 350 g/mol. The predicted octanol–water partition coefficient (Wildman–Crippen LogP) is 3.87. The molecule has 24 heavy (non-hydrogen) atoms. The lowest BCUT2D eigenvalue weighted by atomic mass is 9.84. The zero-order valence-electron chi connectivity index (χ0n) is 14.4. The maximum atomic E-state index is 11.0. The van der Waals surface area contributed by atoms with Gasteiger partial charge in [0.2, 0.25) is 0 Å². The van der Waals surface area contributed by atoms with Gasteiger partial charge in [0.15, 0.2) is 0 Å². The Balaban J connectivity index is 0.00000208. The average molecular weight is 351 g/mol. The summed E-state index contributed by atoms with van der Waals surface area (Å²) in [6.07, 6.45) is 5.95. The van der Waals surface area contributed by atoms with Crippen molar-refractivity contribution in [1.29, 1.82) is 0 Å². The fraction of sp³-hybridized carbons (Fsp3) is 0.526. The van der Waals surface area contributed by atoms with Crippen LogP contribution in [0.15, 0.2) is 30.5 Å². The first-order valence-corrected chi connectivity index (χ1v) is 8.57. The second-order valence-corrected chi connectivity index (χ2v) is 6.47. The maximum Gasteiger partial charge on any atom is 0.119 e. The van der Waals surface area contributed by atoms with Crippen LogP contribution in [0.5, 0.6) is 5.75 Å². The van der Waals surface area contributed by atoms with E-state index in [-0.39, 0.29) is 18.4 Å². The van der Waals surface area contributed by atoms with E-state index in [2.05, 4.69) is 17.2 Å². The minimum absolute atomic E-state index is 0. The third-order valence-electron chi connectivity index (χ3n) is 4.93. The predicted molar refractivity (Wildman–Crippen MR) is 99.9 cm³/mol. The van der Waals surface area contributed by atoms with Gasteiger partial charge in [-0.25, -0.2) is 0 Å². The van der Waals surface area contributed by atoms with Crippen LogP contribution in [-0.2, 0) is 0 Å². The van der Waals surface area contributed by atoms with Gasteiger partial charge in [-0.05, 0) is 55.1 Å². The number of aliphatic hydroxyl groups is 1. The number of methoxy groups -OCH3 is 1. The average Bonchev–Trinajstić information content (AvgIpc) is 2.60. The van der Waals surface area contributed by atoms with Crippen LogP contribution in [0.1, 0.15) is 44.3 Å². The van der Waals surface area contributed by atoms with Crippen molar-refractivity contribution in [1.82, 2.24) is 10.3 Å². The Kier molecular flexibility index (Phi) is 6.84. The Bertz CT molecular complexity index is 663. The summed E-state index contributed by atoms with van der Waals surface area (Å²) in [6.45, 7) is 3.22. The van der Waals surface area contributed by atoms with E-state index in [0.717, 1.165) is 35.2 Å². The Morgan fingerprint density at radius 2 is 2.21 bits per heavy atom. The van der Waals surface area contributed by atoms with Gasteiger partial charge in [0.1, 0.15) is 5.75 Å². The van der Waals surface area contributed by atoms with Gasteiger partial charge in [-0.2, -0.15) is 0 Å². The number of nitrogens with one attached hydrogen (secondary N) is 1. The van der Waals surface area contributed by atoms with Crippen LogP contribution in [0.3, 0.4) is 0 Å². The van der Waals surface area contributed by atoms with Crippen LogP contribution >= 0.6 is 12.4 Å². The maximum absolute atomic E-state index is 11.0. The van der Waals surface area contributed by atoms with Crippen molar-refractivity contribution >= 4 is 23.3 Å². The third kappa shape index (κ3) is 4.00. The molecule has 1 aromatic carbocycles. The van der Waals surface area contributed by atoms with Crippen molar-refractivity contribution in [2.45, 2.75) is 44.8 Å². The van der Waals surface area contributed by atoms with Crippen LogP contribution in [0, 0.1) is 5.92 Å². The van der Waals surface area contributed by atoms with E-state index < -0.39 is 6.10 Å². The number of aromatic nitrogens is 1. The SMILES string of the molecule is CCC[C@@H]1CCNC([C@H](O)c2ccnc3ccc(OC)cc23)C1.Cl. The number of halogens is 1. The Labute approximate surface area is 150 Å². The van der Waals surface area contributed by atoms with Gasteiger partial charge in [0.25, 0.3) is 0 Å². The molecule has 0 bridgehead atoms. The summed E-state index contributed by atoms with van der Waals surface area (Å²) in [6, 6.07) is 7.85. The van der Waals surface area contributed by atoms with Gasteiger partial charge in [-0.15, -0.1) is 12.4 Å². The molecule has 2 aromatic rings. The lowest BCUT2D eigenvalue weighted by molar-refractivity contribution is 0.0979. The molecule has 1 fully saturated rings. The molecule has 1 aliphatic rings. The summed E-state index contributed by atoms with van der Waals surface area (Å²) in [5.74, 6) is 1.50. The number of ether oxygens (including phenoxy) is 1. The molecule has 0 radical (unpaired) electrons. The van der Waals surface area contributed by atoms with Gasteiger partial charge < -0.3 is 15.2 Å². The molecule has 132 valence electrons. The van der Waals surface area contributed by atoms with E-state index >= 15 is 0 Å². The number of rotatable bonds is 5. The molecular weight excluding hydrogens is 324 g/mol. The number of piperidine rings is 1. The molecule has 1 aromatic heterocycles. The smallest absolute Gasteiger partial charge is 0.119 e. The topological polar surface area (TPSA) is 54.4 Å². The molecule has 0 saturated carbocycles. The molecule has 0 aliphatic carbocycles. The van der Waals surface area contributed by atoms with Crippen molar-refractivity contribution in [2.75, 3.05) is 13.7 Å². The fourth-order valence-corrected chi connectivity index (χ4v) is 3.69. The summed E-state index contributed by atoms with van der Waals surface area (Å²) >= 11 is 0.